The van der Waals surface area contributed by atoms with Crippen LogP contribution in [0.4, 0.5) is 15.3 Å². The van der Waals surface area contributed by atoms with Crippen LogP contribution in [-0.4, -0.2) is 203 Å². The average Bonchev–Trinajstić information content (AvgIpc) is 1.76. The number of nitrogens with zero attached hydrogens (tertiary/aromatic N) is 2. The maximum atomic E-state index is 15.5. The topological polar surface area (TPSA) is 499 Å². The number of primary amides is 1. The number of carbonyl (C=O) groups is 15. The number of aromatic nitrogens is 1. The van der Waals surface area contributed by atoms with Gasteiger partial charge in [-0.25, -0.2) is 9.59 Å². The summed E-state index contributed by atoms with van der Waals surface area (Å²) in [6.07, 6.45) is 3.17. The fourth-order valence-electron chi connectivity index (χ4n) is 13.6. The van der Waals surface area contributed by atoms with E-state index in [1.807, 2.05) is 56.3 Å². The van der Waals surface area contributed by atoms with Gasteiger partial charge in [-0.2, -0.15) is 0 Å². The summed E-state index contributed by atoms with van der Waals surface area (Å²) in [4.78, 5) is 214. The molecular formula is C84H107ClN18O16. The van der Waals surface area contributed by atoms with E-state index in [4.69, 9.17) is 17.3 Å². The molecule has 11 atom stereocenters. The highest BCUT2D eigenvalue weighted by atomic mass is 35.5. The van der Waals surface area contributed by atoms with Gasteiger partial charge in [0.2, 0.25) is 76.8 Å². The van der Waals surface area contributed by atoms with Gasteiger partial charge < -0.3 is 90.2 Å². The SMILES string of the molecule is CNC(=O)NCc1ccc(C[C@@H](NC(=O)[C@H](Cc2ccc(NC(=O)[C@H]3CC(=O)NC(=O)N3)cc2)NC(=O)[C@H](CO)NC(=O)[C@@H](Cc2cccnc2)NC(=O)[C@@H](Cc2ccc(Cl)cc2)NC(=O)[C@@H](Cc2ccc3ccccc3c2)NC(C)=O)C(=O)N[C@@H](CC(C)C)C(=O)N[C@@H](CCCCNC(C)C)C(=O)N2CCC[C@H]2C(=O)N[C@H](C)C(N)=O)cc1. The first-order chi connectivity index (χ1) is 56.8. The van der Waals surface area contributed by atoms with Crippen LogP contribution in [0.15, 0.2) is 140 Å². The lowest BCUT2D eigenvalue weighted by Gasteiger charge is -2.31. The molecule has 18 N–H and O–H groups in total. The largest absolute Gasteiger partial charge is 0.394 e. The fourth-order valence-corrected chi connectivity index (χ4v) is 13.7. The Kier molecular flexibility index (Phi) is 35.1. The predicted octanol–water partition coefficient (Wildman–Crippen LogP) is 1.45. The summed E-state index contributed by atoms with van der Waals surface area (Å²) in [5.74, 6) is -10.9. The molecule has 119 heavy (non-hydrogen) atoms. The van der Waals surface area contributed by atoms with Gasteiger partial charge in [0.1, 0.15) is 66.5 Å². The van der Waals surface area contributed by atoms with Crippen molar-refractivity contribution in [1.29, 1.82) is 0 Å². The Morgan fingerprint density at radius 1 is 0.563 bits per heavy atom. The molecule has 3 heterocycles. The fraction of sp³-hybridized carbons (Fsp3) is 0.429. The maximum Gasteiger partial charge on any atom is 0.322 e. The first kappa shape index (κ1) is 92.1. The monoisotopic (exact) mass is 1660 g/mol. The van der Waals surface area contributed by atoms with Crippen LogP contribution in [0.1, 0.15) is 120 Å². The second-order valence-electron chi connectivity index (χ2n) is 30.3. The highest BCUT2D eigenvalue weighted by Crippen LogP contribution is 2.23. The molecule has 0 bridgehead atoms. The van der Waals surface area contributed by atoms with Gasteiger partial charge in [-0.3, -0.25) is 72.6 Å². The van der Waals surface area contributed by atoms with E-state index in [1.54, 1.807) is 74.5 Å². The minimum atomic E-state index is -1.92. The van der Waals surface area contributed by atoms with E-state index >= 15 is 28.8 Å². The van der Waals surface area contributed by atoms with Crippen LogP contribution in [-0.2, 0) is 101 Å². The van der Waals surface area contributed by atoms with Crippen LogP contribution < -0.4 is 85.5 Å². The van der Waals surface area contributed by atoms with Crippen molar-refractivity contribution < 1.29 is 77.0 Å². The van der Waals surface area contributed by atoms with Crippen molar-refractivity contribution in [3.63, 3.8) is 0 Å². The van der Waals surface area contributed by atoms with E-state index in [9.17, 15) is 48.3 Å². The number of unbranched alkanes of at least 4 members (excludes halogenated alkanes) is 1. The molecule has 0 spiro atoms. The number of nitrogens with two attached hydrogens (primary N) is 1. The van der Waals surface area contributed by atoms with Crippen molar-refractivity contribution in [2.45, 2.75) is 198 Å². The highest BCUT2D eigenvalue weighted by Gasteiger charge is 2.41. The quantitative estimate of drug-likeness (QED) is 0.0241. The van der Waals surface area contributed by atoms with Crippen LogP contribution in [0, 0.1) is 5.92 Å². The highest BCUT2D eigenvalue weighted by molar-refractivity contribution is 6.30. The molecule has 2 aliphatic heterocycles. The third-order valence-corrected chi connectivity index (χ3v) is 20.2. The van der Waals surface area contributed by atoms with Gasteiger partial charge in [-0.15, -0.1) is 0 Å². The number of carbonyl (C=O) groups excluding carboxylic acids is 15. The minimum absolute atomic E-state index is 0.00678. The Balaban J connectivity index is 1.10. The zero-order valence-corrected chi connectivity index (χ0v) is 68.3. The third kappa shape index (κ3) is 29.3. The first-order valence-corrected chi connectivity index (χ1v) is 40.0. The number of rotatable bonds is 42. The standard InChI is InChI=1S/C84H107ClN18O16/c1-47(2)36-62(74(109)94-61(17-10-11-34-89-48(3)4)82(117)103-35-13-18-70(103)81(116)91-49(5)72(86)107)95-76(111)64(38-51-19-21-54(22-20-51)45-90-83(118)87-7)97-78(113)66(40-53-26-31-60(32-27-53)93-73(108)68-43-71(106)102-84(119)101-68)99-80(115)69(46-104)100-79(114)67(42-56-14-12-33-88-44-56)98-77(112)65(39-52-24-29-59(85)30-25-52)96-75(110)63(92-50(6)105)41-55-23-28-57-15-8-9-16-58(57)37-55/h8-9,12,14-16,19-33,37,44,47-49,61-70,89,104H,10-11,13,17-18,34-36,38-43,45-46H2,1-7H3,(H2,86,107)(H,91,116)(H,92,105)(H,93,108)(H,94,109)(H,95,111)(H,96,110)(H,97,113)(H,98,112)(H,99,115)(H,100,114)(H2,87,90,118)(H2,101,102,106,119)/t49-,61+,62+,63-,64-,65-,66+,67-,68-,69+,70+/m1/s1. The van der Waals surface area contributed by atoms with E-state index in [1.165, 1.54) is 62.5 Å². The molecule has 1 aromatic heterocycles. The van der Waals surface area contributed by atoms with Crippen LogP contribution in [0.3, 0.4) is 0 Å². The summed E-state index contributed by atoms with van der Waals surface area (Å²) in [7, 11) is 1.45. The molecule has 35 heteroatoms. The number of hydrogen-bond donors (Lipinski definition) is 17. The van der Waals surface area contributed by atoms with Gasteiger partial charge in [0, 0.05) is 88.3 Å². The summed E-state index contributed by atoms with van der Waals surface area (Å²) in [5.41, 5.74) is 8.64. The Bertz CT molecular complexity index is 4560. The molecule has 2 saturated heterocycles. The van der Waals surface area contributed by atoms with Gasteiger partial charge in [-0.05, 0) is 132 Å². The van der Waals surface area contributed by atoms with Crippen molar-refractivity contribution in [3.8, 4) is 0 Å². The number of pyridine rings is 1. The van der Waals surface area contributed by atoms with Gasteiger partial charge in [-0.1, -0.05) is 136 Å². The molecule has 34 nitrogen and oxygen atoms in total. The van der Waals surface area contributed by atoms with E-state index in [2.05, 4.69) is 84.7 Å². The number of likely N-dealkylation sites (tertiary alicyclic amines) is 1. The van der Waals surface area contributed by atoms with Gasteiger partial charge in [0.25, 0.3) is 0 Å². The van der Waals surface area contributed by atoms with Crippen LogP contribution in [0.25, 0.3) is 10.8 Å². The second kappa shape index (κ2) is 45.3. The van der Waals surface area contributed by atoms with E-state index in [0.29, 0.717) is 64.2 Å². The summed E-state index contributed by atoms with van der Waals surface area (Å²) in [6.45, 7) is 9.90. The van der Waals surface area contributed by atoms with Crippen molar-refractivity contribution in [3.05, 3.63) is 178 Å². The number of imide groups is 1. The molecule has 8 rings (SSSR count). The molecule has 636 valence electrons. The Morgan fingerprint density at radius 3 is 1.61 bits per heavy atom. The number of halogens is 1. The molecule has 2 fully saturated rings. The number of aliphatic hydroxyl groups excluding tert-OH is 1. The maximum absolute atomic E-state index is 15.5. The van der Waals surface area contributed by atoms with Crippen molar-refractivity contribution in [2.75, 3.05) is 32.1 Å². The van der Waals surface area contributed by atoms with Gasteiger partial charge in [0.05, 0.1) is 13.0 Å². The van der Waals surface area contributed by atoms with E-state index in [0.717, 1.165) is 10.8 Å². The van der Waals surface area contributed by atoms with Crippen molar-refractivity contribution >= 4 is 117 Å². The molecule has 0 saturated carbocycles. The zero-order chi connectivity index (χ0) is 86.4. The van der Waals surface area contributed by atoms with E-state index < -0.39 is 168 Å². The summed E-state index contributed by atoms with van der Waals surface area (Å²) >= 11 is 6.28. The lowest BCUT2D eigenvalue weighted by molar-refractivity contribution is -0.142. The smallest absolute Gasteiger partial charge is 0.322 e. The summed E-state index contributed by atoms with van der Waals surface area (Å²) in [5, 5.41) is 53.3. The lowest BCUT2D eigenvalue weighted by atomic mass is 9.99. The third-order valence-electron chi connectivity index (χ3n) is 19.9. The molecule has 6 aromatic rings. The predicted molar refractivity (Wildman–Crippen MR) is 442 cm³/mol. The Morgan fingerprint density at radius 2 is 1.07 bits per heavy atom. The number of urea groups is 2. The number of benzene rings is 5. The van der Waals surface area contributed by atoms with Crippen molar-refractivity contribution in [1.82, 2.24) is 84.3 Å². The molecule has 2 aliphatic rings. The number of aliphatic hydroxyl groups is 1. The van der Waals surface area contributed by atoms with Crippen LogP contribution in [0.2, 0.25) is 5.02 Å². The molecule has 17 amide bonds. The molecule has 0 aliphatic carbocycles. The number of hydrogen-bond acceptors (Lipinski definition) is 18. The van der Waals surface area contributed by atoms with Gasteiger partial charge in [0.15, 0.2) is 0 Å². The number of nitrogens with one attached hydrogen (secondary N) is 15. The second-order valence-corrected chi connectivity index (χ2v) is 30.8. The molecule has 0 unspecified atom stereocenters. The lowest BCUT2D eigenvalue weighted by Crippen LogP contribution is -2.62. The first-order valence-electron chi connectivity index (χ1n) is 39.6. The average molecular weight is 1660 g/mol. The minimum Gasteiger partial charge on any atom is -0.394 e. The van der Waals surface area contributed by atoms with E-state index in [-0.39, 0.29) is 82.1 Å². The molecule has 5 aromatic carbocycles. The van der Waals surface area contributed by atoms with Crippen molar-refractivity contribution in [2.24, 2.45) is 11.7 Å². The van der Waals surface area contributed by atoms with Crippen LogP contribution in [0.5, 0.6) is 0 Å². The number of amides is 17. The Hall–Kier alpha value is -12.4. The number of fused-ring (bicyclic) bond motifs is 1. The Labute approximate surface area is 694 Å². The summed E-state index contributed by atoms with van der Waals surface area (Å²) in [6, 6.07) is 18.6. The summed E-state index contributed by atoms with van der Waals surface area (Å²) < 4.78 is 0. The number of anilines is 1. The molecular weight excluding hydrogens is 1550 g/mol. The normalized spacial score (nSPS) is 16.0. The zero-order valence-electron chi connectivity index (χ0n) is 67.5. The van der Waals surface area contributed by atoms with Gasteiger partial charge >= 0.3 is 12.1 Å². The van der Waals surface area contributed by atoms with Crippen LogP contribution >= 0.6 is 11.6 Å². The molecule has 0 radical (unpaired) electrons.